The van der Waals surface area contributed by atoms with Gasteiger partial charge < -0.3 is 24.7 Å². The second-order valence-electron chi connectivity index (χ2n) is 3.97. The van der Waals surface area contributed by atoms with Gasteiger partial charge in [-0.25, -0.2) is 4.57 Å². The summed E-state index contributed by atoms with van der Waals surface area (Å²) >= 11 is 0. The van der Waals surface area contributed by atoms with Crippen molar-refractivity contribution in [3.8, 4) is 5.75 Å². The lowest BCUT2D eigenvalue weighted by Crippen LogP contribution is -2.24. The number of hydrogen-bond donors (Lipinski definition) is 5. The van der Waals surface area contributed by atoms with Crippen molar-refractivity contribution in [2.45, 2.75) is 6.42 Å². The number of phenols is 1. The van der Waals surface area contributed by atoms with Crippen LogP contribution in [0.1, 0.15) is 5.56 Å². The van der Waals surface area contributed by atoms with E-state index in [0.717, 1.165) is 0 Å². The largest absolute Gasteiger partial charge is 0.508 e. The first kappa shape index (κ1) is 16.3. The van der Waals surface area contributed by atoms with Gasteiger partial charge in [0, 0.05) is 6.54 Å². The number of benzene rings is 1. The van der Waals surface area contributed by atoms with Crippen molar-refractivity contribution in [3.05, 3.63) is 29.8 Å². The second kappa shape index (κ2) is 6.15. The number of phenolic OH excluding ortho intramolecular Hbond substituents is 1. The molecule has 19 heavy (non-hydrogen) atoms. The van der Waals surface area contributed by atoms with Gasteiger partial charge in [0.25, 0.3) is 0 Å². The molecule has 108 valence electrons. The van der Waals surface area contributed by atoms with Crippen LogP contribution in [0.25, 0.3) is 0 Å². The third-order valence-corrected chi connectivity index (χ3v) is 4.32. The highest BCUT2D eigenvalue weighted by molar-refractivity contribution is 7.54. The molecule has 0 saturated carbocycles. The Bertz CT molecular complexity index is 506. The van der Waals surface area contributed by atoms with E-state index in [1.807, 2.05) is 0 Å². The fourth-order valence-electron chi connectivity index (χ4n) is 1.42. The van der Waals surface area contributed by atoms with Gasteiger partial charge in [0.05, 0.1) is 0 Å². The third kappa shape index (κ3) is 6.31. The monoisotopic (exact) mass is 311 g/mol. The summed E-state index contributed by atoms with van der Waals surface area (Å²) in [4.78, 5) is 35.6. The van der Waals surface area contributed by atoms with Gasteiger partial charge in [0.2, 0.25) is 0 Å². The van der Waals surface area contributed by atoms with E-state index in [2.05, 4.69) is 0 Å². The summed E-state index contributed by atoms with van der Waals surface area (Å²) in [5, 5.41) is 9.08. The molecule has 8 nitrogen and oxygen atoms in total. The minimum absolute atomic E-state index is 0.0609. The normalized spacial score (nSPS) is 12.9. The fourth-order valence-corrected chi connectivity index (χ4v) is 3.50. The van der Waals surface area contributed by atoms with Crippen LogP contribution in [-0.2, 0) is 15.6 Å². The van der Waals surface area contributed by atoms with Gasteiger partial charge in [-0.05, 0) is 24.1 Å². The van der Waals surface area contributed by atoms with Crippen molar-refractivity contribution >= 4 is 15.3 Å². The summed E-state index contributed by atoms with van der Waals surface area (Å²) in [6.07, 6.45) is -0.819. The van der Waals surface area contributed by atoms with Crippen molar-refractivity contribution in [1.82, 2.24) is 4.67 Å². The molecule has 1 aromatic carbocycles. The summed E-state index contributed by atoms with van der Waals surface area (Å²) < 4.78 is 22.4. The topological polar surface area (TPSA) is 139 Å². The zero-order valence-corrected chi connectivity index (χ0v) is 11.6. The molecule has 0 fully saturated rings. The van der Waals surface area contributed by atoms with Crippen LogP contribution in [0, 0.1) is 0 Å². The fraction of sp³-hybridized carbons (Fsp3) is 0.333. The van der Waals surface area contributed by atoms with Crippen LogP contribution in [0.2, 0.25) is 0 Å². The maximum absolute atomic E-state index is 11.1. The Morgan fingerprint density at radius 3 is 1.95 bits per heavy atom. The Kier molecular flexibility index (Phi) is 5.29. The van der Waals surface area contributed by atoms with E-state index in [4.69, 9.17) is 24.7 Å². The standard InChI is InChI=1S/C9H15NO7P2/c11-9-3-1-8(2-4-9)5-6-10(19(15,16)17)7-18(12,13)14/h1-4,11H,5-7H2,(H2,12,13,14)(H2,15,16,17). The summed E-state index contributed by atoms with van der Waals surface area (Å²) in [7, 11) is -9.28. The van der Waals surface area contributed by atoms with E-state index in [9.17, 15) is 9.13 Å². The van der Waals surface area contributed by atoms with E-state index < -0.39 is 21.6 Å². The van der Waals surface area contributed by atoms with Crippen molar-refractivity contribution in [3.63, 3.8) is 0 Å². The molecule has 0 saturated heterocycles. The quantitative estimate of drug-likeness (QED) is 0.478. The Hall–Kier alpha value is -0.720. The predicted molar refractivity (Wildman–Crippen MR) is 67.5 cm³/mol. The Balaban J connectivity index is 2.71. The average molecular weight is 311 g/mol. The summed E-state index contributed by atoms with van der Waals surface area (Å²) in [6.45, 7) is -0.208. The third-order valence-electron chi connectivity index (χ3n) is 2.31. The smallest absolute Gasteiger partial charge is 0.403 e. The molecule has 0 spiro atoms. The lowest BCUT2D eigenvalue weighted by atomic mass is 10.1. The first-order chi connectivity index (χ1) is 8.58. The van der Waals surface area contributed by atoms with Gasteiger partial charge in [-0.3, -0.25) is 4.57 Å². The van der Waals surface area contributed by atoms with Gasteiger partial charge in [0.15, 0.2) is 0 Å². The van der Waals surface area contributed by atoms with Crippen LogP contribution in [-0.4, -0.2) is 42.2 Å². The van der Waals surface area contributed by atoms with Crippen molar-refractivity contribution in [2.24, 2.45) is 0 Å². The number of hydrogen-bond acceptors (Lipinski definition) is 3. The predicted octanol–water partition coefficient (Wildman–Crippen LogP) is 0.465. The number of rotatable bonds is 6. The molecule has 0 bridgehead atoms. The lowest BCUT2D eigenvalue weighted by Gasteiger charge is -2.23. The molecule has 0 radical (unpaired) electrons. The highest BCUT2D eigenvalue weighted by Gasteiger charge is 2.31. The van der Waals surface area contributed by atoms with E-state index in [1.54, 1.807) is 12.1 Å². The van der Waals surface area contributed by atoms with Crippen LogP contribution in [0.15, 0.2) is 24.3 Å². The van der Waals surface area contributed by atoms with Gasteiger partial charge in [0.1, 0.15) is 12.0 Å². The molecule has 1 aromatic rings. The minimum atomic E-state index is -4.73. The van der Waals surface area contributed by atoms with Crippen LogP contribution >= 0.6 is 15.3 Å². The highest BCUT2D eigenvalue weighted by Crippen LogP contribution is 2.47. The number of nitrogens with zero attached hydrogens (tertiary/aromatic N) is 1. The van der Waals surface area contributed by atoms with Crippen LogP contribution < -0.4 is 0 Å². The summed E-state index contributed by atoms with van der Waals surface area (Å²) in [5.74, 6) is 0.0609. The van der Waals surface area contributed by atoms with Gasteiger partial charge >= 0.3 is 15.3 Å². The van der Waals surface area contributed by atoms with Crippen molar-refractivity contribution in [1.29, 1.82) is 0 Å². The molecule has 0 amide bonds. The Morgan fingerprint density at radius 1 is 1.00 bits per heavy atom. The molecular formula is C9H15NO7P2. The summed E-state index contributed by atoms with van der Waals surface area (Å²) in [5.41, 5.74) is 0.682. The zero-order valence-electron chi connectivity index (χ0n) is 9.82. The minimum Gasteiger partial charge on any atom is -0.508 e. The van der Waals surface area contributed by atoms with Crippen molar-refractivity contribution < 1.29 is 33.8 Å². The molecule has 5 N–H and O–H groups in total. The van der Waals surface area contributed by atoms with Gasteiger partial charge in [-0.15, -0.1) is 0 Å². The molecule has 0 aliphatic carbocycles. The molecule has 10 heteroatoms. The van der Waals surface area contributed by atoms with Gasteiger partial charge in [-0.1, -0.05) is 12.1 Å². The summed E-state index contributed by atoms with van der Waals surface area (Å²) in [6, 6.07) is 5.95. The lowest BCUT2D eigenvalue weighted by molar-refractivity contribution is 0.270. The molecule has 1 rings (SSSR count). The Labute approximate surface area is 109 Å². The maximum Gasteiger partial charge on any atom is 0.403 e. The van der Waals surface area contributed by atoms with E-state index in [1.165, 1.54) is 12.1 Å². The molecule has 0 aliphatic rings. The van der Waals surface area contributed by atoms with E-state index in [0.29, 0.717) is 10.2 Å². The molecule has 0 atom stereocenters. The molecule has 0 aliphatic heterocycles. The van der Waals surface area contributed by atoms with Crippen LogP contribution in [0.3, 0.4) is 0 Å². The van der Waals surface area contributed by atoms with Crippen molar-refractivity contribution in [2.75, 3.05) is 12.8 Å². The second-order valence-corrected chi connectivity index (χ2v) is 7.17. The van der Waals surface area contributed by atoms with Crippen LogP contribution in [0.5, 0.6) is 5.75 Å². The molecule has 0 unspecified atom stereocenters. The zero-order chi connectivity index (χ0) is 14.7. The first-order valence-corrected chi connectivity index (χ1v) is 8.58. The molecular weight excluding hydrogens is 296 g/mol. The Morgan fingerprint density at radius 2 is 1.53 bits per heavy atom. The SMILES string of the molecule is O=P(O)(O)CN(CCc1ccc(O)cc1)P(=O)(O)O. The first-order valence-electron chi connectivity index (χ1n) is 5.21. The highest BCUT2D eigenvalue weighted by atomic mass is 31.2. The maximum atomic E-state index is 11.1. The van der Waals surface area contributed by atoms with Gasteiger partial charge in [-0.2, -0.15) is 4.67 Å². The van der Waals surface area contributed by atoms with E-state index in [-0.39, 0.29) is 18.7 Å². The number of aromatic hydroxyl groups is 1. The van der Waals surface area contributed by atoms with Crippen LogP contribution in [0.4, 0.5) is 0 Å². The molecule has 0 heterocycles. The average Bonchev–Trinajstić information content (AvgIpc) is 2.23. The van der Waals surface area contributed by atoms with E-state index >= 15 is 0 Å². The molecule has 0 aromatic heterocycles.